The highest BCUT2D eigenvalue weighted by Crippen LogP contribution is 1.93. The molecule has 82 valence electrons. The molecule has 0 unspecified atom stereocenters. The molecule has 15 heavy (non-hydrogen) atoms. The average molecular weight is 209 g/mol. The number of nitrogens with zero attached hydrogens (tertiary/aromatic N) is 1. The van der Waals surface area contributed by atoms with E-state index in [1.54, 1.807) is 12.4 Å². The second kappa shape index (κ2) is 6.92. The van der Waals surface area contributed by atoms with Crippen molar-refractivity contribution < 1.29 is 9.90 Å². The molecule has 3 N–H and O–H groups in total. The molecule has 0 saturated carbocycles. The Kier molecular flexibility index (Phi) is 5.35. The van der Waals surface area contributed by atoms with Crippen LogP contribution in [0.1, 0.15) is 5.56 Å². The van der Waals surface area contributed by atoms with Crippen molar-refractivity contribution in [2.24, 2.45) is 0 Å². The standard InChI is InChI=1S/C10H15N3O2/c14-10(15)8-13-5-4-12-7-9-2-1-3-11-6-9/h1-3,6,12-13H,4-5,7-8H2,(H,14,15). The lowest BCUT2D eigenvalue weighted by Crippen LogP contribution is -2.30. The Balaban J connectivity index is 2.00. The van der Waals surface area contributed by atoms with Crippen LogP contribution in [0.15, 0.2) is 24.5 Å². The number of aliphatic carboxylic acids is 1. The van der Waals surface area contributed by atoms with Crippen LogP contribution in [0.5, 0.6) is 0 Å². The zero-order valence-corrected chi connectivity index (χ0v) is 8.44. The molecule has 0 spiro atoms. The van der Waals surface area contributed by atoms with Crippen molar-refractivity contribution in [3.8, 4) is 0 Å². The number of carboxylic acid groups (broad SMARTS) is 1. The monoisotopic (exact) mass is 209 g/mol. The van der Waals surface area contributed by atoms with Gasteiger partial charge in [0.25, 0.3) is 0 Å². The minimum absolute atomic E-state index is 0.00850. The van der Waals surface area contributed by atoms with E-state index in [0.29, 0.717) is 6.54 Å². The second-order valence-electron chi connectivity index (χ2n) is 3.11. The second-order valence-corrected chi connectivity index (χ2v) is 3.11. The minimum atomic E-state index is -0.831. The zero-order chi connectivity index (χ0) is 10.9. The molecule has 1 aromatic heterocycles. The summed E-state index contributed by atoms with van der Waals surface area (Å²) >= 11 is 0. The molecule has 0 radical (unpaired) electrons. The predicted octanol–water partition coefficient (Wildman–Crippen LogP) is -0.155. The Labute approximate surface area is 88.5 Å². The van der Waals surface area contributed by atoms with Crippen LogP contribution in [0.2, 0.25) is 0 Å². The van der Waals surface area contributed by atoms with Gasteiger partial charge in [0.2, 0.25) is 0 Å². The summed E-state index contributed by atoms with van der Waals surface area (Å²) < 4.78 is 0. The van der Waals surface area contributed by atoms with Crippen molar-refractivity contribution >= 4 is 5.97 Å². The molecule has 0 bridgehead atoms. The van der Waals surface area contributed by atoms with Gasteiger partial charge >= 0.3 is 5.97 Å². The molecule has 0 aliphatic heterocycles. The molecule has 0 aliphatic carbocycles. The van der Waals surface area contributed by atoms with Crippen LogP contribution in [0, 0.1) is 0 Å². The van der Waals surface area contributed by atoms with Crippen molar-refractivity contribution in [3.05, 3.63) is 30.1 Å². The van der Waals surface area contributed by atoms with E-state index in [9.17, 15) is 4.79 Å². The van der Waals surface area contributed by atoms with E-state index >= 15 is 0 Å². The van der Waals surface area contributed by atoms with E-state index in [4.69, 9.17) is 5.11 Å². The van der Waals surface area contributed by atoms with Gasteiger partial charge in [-0.3, -0.25) is 9.78 Å². The summed E-state index contributed by atoms with van der Waals surface area (Å²) in [7, 11) is 0. The summed E-state index contributed by atoms with van der Waals surface area (Å²) in [6.07, 6.45) is 3.54. The predicted molar refractivity (Wildman–Crippen MR) is 56.4 cm³/mol. The van der Waals surface area contributed by atoms with Crippen molar-refractivity contribution in [2.75, 3.05) is 19.6 Å². The van der Waals surface area contributed by atoms with Crippen LogP contribution in [-0.2, 0) is 11.3 Å². The van der Waals surface area contributed by atoms with Gasteiger partial charge in [0.05, 0.1) is 6.54 Å². The fraction of sp³-hybridized carbons (Fsp3) is 0.400. The Hall–Kier alpha value is -1.46. The first kappa shape index (κ1) is 11.6. The number of aromatic nitrogens is 1. The van der Waals surface area contributed by atoms with E-state index in [1.165, 1.54) is 0 Å². The third kappa shape index (κ3) is 5.77. The lowest BCUT2D eigenvalue weighted by atomic mass is 10.3. The van der Waals surface area contributed by atoms with Gasteiger partial charge in [-0.25, -0.2) is 0 Å². The summed E-state index contributed by atoms with van der Waals surface area (Å²) in [5.41, 5.74) is 1.12. The summed E-state index contributed by atoms with van der Waals surface area (Å²) in [6.45, 7) is 2.14. The quantitative estimate of drug-likeness (QED) is 0.544. The highest BCUT2D eigenvalue weighted by Gasteiger charge is 1.94. The van der Waals surface area contributed by atoms with Crippen LogP contribution < -0.4 is 10.6 Å². The maximum atomic E-state index is 10.2. The SMILES string of the molecule is O=C(O)CNCCNCc1cccnc1. The van der Waals surface area contributed by atoms with Gasteiger partial charge in [-0.05, 0) is 11.6 Å². The molecule has 0 atom stereocenters. The van der Waals surface area contributed by atoms with Gasteiger partial charge in [0.1, 0.15) is 0 Å². The van der Waals surface area contributed by atoms with Gasteiger partial charge in [-0.15, -0.1) is 0 Å². The van der Waals surface area contributed by atoms with Crippen LogP contribution in [0.3, 0.4) is 0 Å². The lowest BCUT2D eigenvalue weighted by molar-refractivity contribution is -0.135. The zero-order valence-electron chi connectivity index (χ0n) is 8.44. The van der Waals surface area contributed by atoms with Gasteiger partial charge in [0, 0.05) is 32.0 Å². The summed E-state index contributed by atoms with van der Waals surface area (Å²) in [5.74, 6) is -0.831. The van der Waals surface area contributed by atoms with E-state index in [0.717, 1.165) is 18.7 Å². The average Bonchev–Trinajstić information content (AvgIpc) is 2.24. The van der Waals surface area contributed by atoms with Gasteiger partial charge in [-0.1, -0.05) is 6.07 Å². The summed E-state index contributed by atoms with van der Waals surface area (Å²) in [5, 5.41) is 14.3. The van der Waals surface area contributed by atoms with E-state index in [1.807, 2.05) is 12.1 Å². The third-order valence-electron chi connectivity index (χ3n) is 1.81. The number of pyridine rings is 1. The lowest BCUT2D eigenvalue weighted by Gasteiger charge is -2.04. The number of hydrogen-bond acceptors (Lipinski definition) is 4. The molecular formula is C10H15N3O2. The van der Waals surface area contributed by atoms with Gasteiger partial charge < -0.3 is 15.7 Å². The fourth-order valence-corrected chi connectivity index (χ4v) is 1.11. The first-order valence-electron chi connectivity index (χ1n) is 4.81. The molecule has 1 rings (SSSR count). The number of rotatable bonds is 7. The first-order valence-corrected chi connectivity index (χ1v) is 4.81. The summed E-state index contributed by atoms with van der Waals surface area (Å²) in [6, 6.07) is 3.88. The van der Waals surface area contributed by atoms with Gasteiger partial charge in [0.15, 0.2) is 0 Å². The Morgan fingerprint density at radius 3 is 2.87 bits per heavy atom. The highest BCUT2D eigenvalue weighted by molar-refractivity contribution is 5.68. The molecule has 0 saturated heterocycles. The molecule has 0 aromatic carbocycles. The van der Waals surface area contributed by atoms with E-state index in [2.05, 4.69) is 15.6 Å². The molecule has 0 amide bonds. The smallest absolute Gasteiger partial charge is 0.317 e. The normalized spacial score (nSPS) is 10.1. The van der Waals surface area contributed by atoms with Crippen molar-refractivity contribution in [3.63, 3.8) is 0 Å². The van der Waals surface area contributed by atoms with Crippen LogP contribution in [0.4, 0.5) is 0 Å². The Morgan fingerprint density at radius 1 is 1.40 bits per heavy atom. The molecular weight excluding hydrogens is 194 g/mol. The molecule has 5 nitrogen and oxygen atoms in total. The van der Waals surface area contributed by atoms with Crippen LogP contribution in [-0.4, -0.2) is 35.7 Å². The van der Waals surface area contributed by atoms with Crippen molar-refractivity contribution in [2.45, 2.75) is 6.54 Å². The van der Waals surface area contributed by atoms with Crippen molar-refractivity contribution in [1.29, 1.82) is 0 Å². The summed E-state index contributed by atoms with van der Waals surface area (Å²) in [4.78, 5) is 14.2. The molecule has 0 aliphatic rings. The van der Waals surface area contributed by atoms with Crippen LogP contribution in [0.25, 0.3) is 0 Å². The van der Waals surface area contributed by atoms with E-state index in [-0.39, 0.29) is 6.54 Å². The fourth-order valence-electron chi connectivity index (χ4n) is 1.11. The molecule has 5 heteroatoms. The largest absolute Gasteiger partial charge is 0.480 e. The minimum Gasteiger partial charge on any atom is -0.480 e. The van der Waals surface area contributed by atoms with E-state index < -0.39 is 5.97 Å². The van der Waals surface area contributed by atoms with Crippen molar-refractivity contribution in [1.82, 2.24) is 15.6 Å². The molecule has 1 heterocycles. The molecule has 0 fully saturated rings. The number of carbonyl (C=O) groups is 1. The number of nitrogens with one attached hydrogen (secondary N) is 2. The number of carboxylic acids is 1. The maximum Gasteiger partial charge on any atom is 0.317 e. The Morgan fingerprint density at radius 2 is 2.20 bits per heavy atom. The van der Waals surface area contributed by atoms with Gasteiger partial charge in [-0.2, -0.15) is 0 Å². The maximum absolute atomic E-state index is 10.2. The Bertz CT molecular complexity index is 290. The first-order chi connectivity index (χ1) is 7.29. The number of hydrogen-bond donors (Lipinski definition) is 3. The third-order valence-corrected chi connectivity index (χ3v) is 1.81. The topological polar surface area (TPSA) is 74.2 Å². The highest BCUT2D eigenvalue weighted by atomic mass is 16.4. The molecule has 1 aromatic rings. The van der Waals surface area contributed by atoms with Crippen LogP contribution >= 0.6 is 0 Å².